The number of anilines is 2. The van der Waals surface area contributed by atoms with Gasteiger partial charge in [-0.1, -0.05) is 6.07 Å². The smallest absolute Gasteiger partial charge is 0.234 e. The van der Waals surface area contributed by atoms with Crippen molar-refractivity contribution in [3.63, 3.8) is 0 Å². The molecule has 0 saturated carbocycles. The van der Waals surface area contributed by atoms with Crippen molar-refractivity contribution < 1.29 is 23.9 Å². The van der Waals surface area contributed by atoms with Gasteiger partial charge in [0, 0.05) is 25.7 Å². The third-order valence-corrected chi connectivity index (χ3v) is 3.77. The van der Waals surface area contributed by atoms with Gasteiger partial charge in [-0.25, -0.2) is 9.80 Å². The second-order valence-corrected chi connectivity index (χ2v) is 5.07. The van der Waals surface area contributed by atoms with E-state index in [0.717, 1.165) is 9.80 Å². The van der Waals surface area contributed by atoms with Gasteiger partial charge >= 0.3 is 0 Å². The minimum atomic E-state index is -0.366. The van der Waals surface area contributed by atoms with Gasteiger partial charge in [-0.3, -0.25) is 19.2 Å². The predicted molar refractivity (Wildman–Crippen MR) is 76.4 cm³/mol. The van der Waals surface area contributed by atoms with Crippen LogP contribution in [-0.4, -0.2) is 30.7 Å². The van der Waals surface area contributed by atoms with E-state index in [-0.39, 0.29) is 66.4 Å². The monoisotopic (exact) mass is 302 g/mol. The molecule has 4 amide bonds. The number of rotatable bonds is 3. The summed E-state index contributed by atoms with van der Waals surface area (Å²) in [4.78, 5) is 50.1. The van der Waals surface area contributed by atoms with E-state index in [4.69, 9.17) is 4.74 Å². The molecule has 0 radical (unpaired) electrons. The zero-order chi connectivity index (χ0) is 15.9. The van der Waals surface area contributed by atoms with Crippen LogP contribution in [0.2, 0.25) is 0 Å². The number of hydrogen-bond acceptors (Lipinski definition) is 5. The first-order valence-electron chi connectivity index (χ1n) is 6.93. The van der Waals surface area contributed by atoms with Gasteiger partial charge in [0.1, 0.15) is 11.4 Å². The zero-order valence-corrected chi connectivity index (χ0v) is 12.0. The summed E-state index contributed by atoms with van der Waals surface area (Å²) in [6, 6.07) is 4.74. The molecule has 0 bridgehead atoms. The Kier molecular flexibility index (Phi) is 3.40. The summed E-state index contributed by atoms with van der Waals surface area (Å²) in [7, 11) is 1.40. The van der Waals surface area contributed by atoms with Crippen LogP contribution in [0.3, 0.4) is 0 Å². The van der Waals surface area contributed by atoms with Crippen molar-refractivity contribution in [2.24, 2.45) is 0 Å². The van der Waals surface area contributed by atoms with E-state index < -0.39 is 0 Å². The van der Waals surface area contributed by atoms with Crippen LogP contribution < -0.4 is 14.5 Å². The average Bonchev–Trinajstić information content (AvgIpc) is 3.01. The van der Waals surface area contributed by atoms with E-state index in [1.807, 2.05) is 0 Å². The van der Waals surface area contributed by atoms with Crippen molar-refractivity contribution in [2.75, 3.05) is 16.9 Å². The van der Waals surface area contributed by atoms with E-state index in [1.165, 1.54) is 13.2 Å². The fraction of sp³-hybridized carbons (Fsp3) is 0.333. The van der Waals surface area contributed by atoms with Gasteiger partial charge in [0.2, 0.25) is 23.6 Å². The first-order valence-corrected chi connectivity index (χ1v) is 6.93. The third-order valence-electron chi connectivity index (χ3n) is 3.77. The zero-order valence-electron chi connectivity index (χ0n) is 12.0. The molecule has 0 aromatic heterocycles. The van der Waals surface area contributed by atoms with Crippen LogP contribution in [0.25, 0.3) is 0 Å². The Morgan fingerprint density at radius 3 is 1.82 bits per heavy atom. The molecule has 7 heteroatoms. The Labute approximate surface area is 126 Å². The maximum atomic E-state index is 12.0. The van der Waals surface area contributed by atoms with Crippen LogP contribution >= 0.6 is 0 Å². The number of methoxy groups -OCH3 is 1. The molecule has 0 atom stereocenters. The molecule has 2 aliphatic heterocycles. The molecule has 2 heterocycles. The molecular weight excluding hydrogens is 288 g/mol. The van der Waals surface area contributed by atoms with Crippen LogP contribution in [0.15, 0.2) is 18.2 Å². The number of carbonyl (C=O) groups excluding carboxylic acids is 4. The molecule has 2 saturated heterocycles. The van der Waals surface area contributed by atoms with E-state index in [2.05, 4.69) is 0 Å². The van der Waals surface area contributed by atoms with Crippen LogP contribution in [0.5, 0.6) is 5.75 Å². The van der Waals surface area contributed by atoms with Crippen molar-refractivity contribution in [1.29, 1.82) is 0 Å². The van der Waals surface area contributed by atoms with Gasteiger partial charge in [-0.15, -0.1) is 0 Å². The first kappa shape index (κ1) is 14.2. The number of carbonyl (C=O) groups is 4. The molecule has 114 valence electrons. The van der Waals surface area contributed by atoms with Crippen LogP contribution in [0.1, 0.15) is 25.7 Å². The molecule has 1 aromatic rings. The lowest BCUT2D eigenvalue weighted by Gasteiger charge is -2.24. The number of hydrogen-bond donors (Lipinski definition) is 0. The third kappa shape index (κ3) is 2.05. The first-order chi connectivity index (χ1) is 10.5. The van der Waals surface area contributed by atoms with Crippen LogP contribution in [-0.2, 0) is 19.2 Å². The minimum absolute atomic E-state index is 0.109. The highest BCUT2D eigenvalue weighted by Crippen LogP contribution is 2.42. The average molecular weight is 302 g/mol. The SMILES string of the molecule is COc1cccc(N2C(=O)CCC2=O)c1N1C(=O)CCC1=O. The lowest BCUT2D eigenvalue weighted by Crippen LogP contribution is -2.34. The second-order valence-electron chi connectivity index (χ2n) is 5.07. The number of para-hydroxylation sites is 1. The summed E-state index contributed by atoms with van der Waals surface area (Å²) in [5, 5.41) is 0. The summed E-state index contributed by atoms with van der Waals surface area (Å²) >= 11 is 0. The molecule has 0 aliphatic carbocycles. The number of ether oxygens (including phenoxy) is 1. The molecule has 2 fully saturated rings. The number of benzene rings is 1. The van der Waals surface area contributed by atoms with Crippen molar-refractivity contribution >= 4 is 35.0 Å². The molecule has 22 heavy (non-hydrogen) atoms. The maximum absolute atomic E-state index is 12.0. The molecule has 0 spiro atoms. The van der Waals surface area contributed by atoms with E-state index in [0.29, 0.717) is 0 Å². The van der Waals surface area contributed by atoms with E-state index >= 15 is 0 Å². The summed E-state index contributed by atoms with van der Waals surface area (Å²) in [5.41, 5.74) is 0.386. The van der Waals surface area contributed by atoms with Gasteiger partial charge in [0.15, 0.2) is 0 Å². The Balaban J connectivity index is 2.19. The normalized spacial score (nSPS) is 18.6. The lowest BCUT2D eigenvalue weighted by atomic mass is 10.2. The Morgan fingerprint density at radius 2 is 1.32 bits per heavy atom. The van der Waals surface area contributed by atoms with Crippen molar-refractivity contribution in [2.45, 2.75) is 25.7 Å². The predicted octanol–water partition coefficient (Wildman–Crippen LogP) is 1.00. The number of amides is 4. The number of nitrogens with zero attached hydrogens (tertiary/aromatic N) is 2. The largest absolute Gasteiger partial charge is 0.494 e. The van der Waals surface area contributed by atoms with Crippen molar-refractivity contribution in [3.05, 3.63) is 18.2 Å². The maximum Gasteiger partial charge on any atom is 0.234 e. The van der Waals surface area contributed by atoms with Crippen LogP contribution in [0.4, 0.5) is 11.4 Å². The summed E-state index contributed by atoms with van der Waals surface area (Å²) in [6.45, 7) is 0. The highest BCUT2D eigenvalue weighted by molar-refractivity contribution is 6.26. The summed E-state index contributed by atoms with van der Waals surface area (Å²) < 4.78 is 5.23. The lowest BCUT2D eigenvalue weighted by molar-refractivity contribution is -0.123. The fourth-order valence-electron chi connectivity index (χ4n) is 2.75. The summed E-state index contributed by atoms with van der Waals surface area (Å²) in [5.74, 6) is -1.16. The molecule has 2 aliphatic rings. The molecule has 1 aromatic carbocycles. The van der Waals surface area contributed by atoms with Gasteiger partial charge in [0.25, 0.3) is 0 Å². The highest BCUT2D eigenvalue weighted by Gasteiger charge is 2.39. The topological polar surface area (TPSA) is 84.0 Å². The van der Waals surface area contributed by atoms with E-state index in [9.17, 15) is 19.2 Å². The molecule has 3 rings (SSSR count). The Morgan fingerprint density at radius 1 is 0.818 bits per heavy atom. The second kappa shape index (κ2) is 5.25. The Hall–Kier alpha value is -2.70. The molecule has 7 nitrogen and oxygen atoms in total. The highest BCUT2D eigenvalue weighted by atomic mass is 16.5. The molecular formula is C15H14N2O5. The summed E-state index contributed by atoms with van der Waals surface area (Å²) in [6.07, 6.45) is 0.463. The standard InChI is InChI=1S/C15H14N2O5/c1-22-10-4-2-3-9(16-11(18)5-6-12(16)19)15(10)17-13(20)7-8-14(17)21/h2-4H,5-8H2,1H3. The number of imide groups is 2. The van der Waals surface area contributed by atoms with Crippen molar-refractivity contribution in [3.8, 4) is 5.75 Å². The van der Waals surface area contributed by atoms with Gasteiger partial charge in [-0.2, -0.15) is 0 Å². The molecule has 0 N–H and O–H groups in total. The fourth-order valence-corrected chi connectivity index (χ4v) is 2.75. The quantitative estimate of drug-likeness (QED) is 0.778. The van der Waals surface area contributed by atoms with Gasteiger partial charge in [0.05, 0.1) is 12.8 Å². The minimum Gasteiger partial charge on any atom is -0.494 e. The van der Waals surface area contributed by atoms with Crippen molar-refractivity contribution in [1.82, 2.24) is 0 Å². The van der Waals surface area contributed by atoms with Gasteiger partial charge < -0.3 is 4.74 Å². The molecule has 0 unspecified atom stereocenters. The van der Waals surface area contributed by atoms with Crippen LogP contribution in [0, 0.1) is 0 Å². The van der Waals surface area contributed by atoms with E-state index in [1.54, 1.807) is 12.1 Å². The Bertz CT molecular complexity index is 665. The van der Waals surface area contributed by atoms with Gasteiger partial charge in [-0.05, 0) is 12.1 Å².